The average molecular weight is 468 g/mol. The summed E-state index contributed by atoms with van der Waals surface area (Å²) in [5, 5.41) is 3.29. The van der Waals surface area contributed by atoms with E-state index in [2.05, 4.69) is 10.3 Å². The van der Waals surface area contributed by atoms with Gasteiger partial charge in [0.1, 0.15) is 10.6 Å². The predicted octanol–water partition coefficient (Wildman–Crippen LogP) is 2.74. The number of anilines is 1. The number of hydrogen-bond acceptors (Lipinski definition) is 8. The molecule has 1 fully saturated rings. The first kappa shape index (κ1) is 23.2. The van der Waals surface area contributed by atoms with Crippen LogP contribution in [-0.2, 0) is 19.6 Å². The molecule has 168 valence electrons. The number of rotatable bonds is 7. The van der Waals surface area contributed by atoms with Crippen LogP contribution in [0.25, 0.3) is 0 Å². The van der Waals surface area contributed by atoms with Gasteiger partial charge in [0.15, 0.2) is 6.61 Å². The van der Waals surface area contributed by atoms with Gasteiger partial charge in [0.25, 0.3) is 5.91 Å². The summed E-state index contributed by atoms with van der Waals surface area (Å²) in [5.41, 5.74) is 0.733. The van der Waals surface area contributed by atoms with Gasteiger partial charge in [-0.25, -0.2) is 18.2 Å². The van der Waals surface area contributed by atoms with Crippen LogP contribution < -0.4 is 10.1 Å². The number of ether oxygens (including phenoxy) is 2. The lowest BCUT2D eigenvalue weighted by Gasteiger charge is -2.26. The molecule has 1 saturated heterocycles. The normalized spacial score (nSPS) is 14.8. The van der Waals surface area contributed by atoms with Crippen LogP contribution >= 0.6 is 11.3 Å². The third-order valence-corrected chi connectivity index (χ3v) is 7.77. The minimum atomic E-state index is -3.67. The van der Waals surface area contributed by atoms with E-state index in [1.807, 2.05) is 0 Å². The monoisotopic (exact) mass is 467 g/mol. The minimum Gasteiger partial charge on any atom is -0.495 e. The summed E-state index contributed by atoms with van der Waals surface area (Å²) < 4.78 is 37.6. The molecule has 2 heterocycles. The lowest BCUT2D eigenvalue weighted by molar-refractivity contribution is -0.119. The lowest BCUT2D eigenvalue weighted by Crippen LogP contribution is -2.35. The molecular formula is C20H25N3O6S2. The van der Waals surface area contributed by atoms with Gasteiger partial charge in [-0.2, -0.15) is 4.31 Å². The molecule has 0 bridgehead atoms. The summed E-state index contributed by atoms with van der Waals surface area (Å²) in [6.07, 6.45) is 2.65. The standard InChI is InChI=1S/C20H25N3O6S2/c1-13-19(30-14(2)21-13)20(25)29-12-18(24)22-16-11-15(7-8-17(16)28-3)31(26,27)23-9-5-4-6-10-23/h7-8,11H,4-6,9-10,12H2,1-3H3,(H,22,24). The van der Waals surface area contributed by atoms with Crippen molar-refractivity contribution in [2.45, 2.75) is 38.0 Å². The largest absolute Gasteiger partial charge is 0.495 e. The number of nitrogens with one attached hydrogen (secondary N) is 1. The number of thiazole rings is 1. The van der Waals surface area contributed by atoms with E-state index in [1.165, 1.54) is 41.0 Å². The Morgan fingerprint density at radius 3 is 2.52 bits per heavy atom. The van der Waals surface area contributed by atoms with Gasteiger partial charge in [0, 0.05) is 13.1 Å². The molecule has 3 rings (SSSR count). The van der Waals surface area contributed by atoms with Gasteiger partial charge in [-0.15, -0.1) is 11.3 Å². The Labute approximate surface area is 185 Å². The van der Waals surface area contributed by atoms with E-state index in [-0.39, 0.29) is 10.6 Å². The van der Waals surface area contributed by atoms with E-state index in [0.717, 1.165) is 24.3 Å². The molecule has 31 heavy (non-hydrogen) atoms. The van der Waals surface area contributed by atoms with Crippen molar-refractivity contribution < 1.29 is 27.5 Å². The summed E-state index contributed by atoms with van der Waals surface area (Å²) in [7, 11) is -2.26. The molecule has 0 radical (unpaired) electrons. The molecule has 1 aromatic heterocycles. The molecular weight excluding hydrogens is 442 g/mol. The molecule has 9 nitrogen and oxygen atoms in total. The molecule has 1 aliphatic rings. The Hall–Kier alpha value is -2.50. The zero-order valence-electron chi connectivity index (χ0n) is 17.6. The maximum absolute atomic E-state index is 12.9. The molecule has 0 aliphatic carbocycles. The highest BCUT2D eigenvalue weighted by molar-refractivity contribution is 7.89. The fourth-order valence-electron chi connectivity index (χ4n) is 3.30. The van der Waals surface area contributed by atoms with E-state index < -0.39 is 28.5 Å². The van der Waals surface area contributed by atoms with E-state index in [1.54, 1.807) is 13.8 Å². The number of aryl methyl sites for hydroxylation is 2. The maximum Gasteiger partial charge on any atom is 0.350 e. The number of esters is 1. The van der Waals surface area contributed by atoms with Gasteiger partial charge in [0.05, 0.1) is 28.4 Å². The van der Waals surface area contributed by atoms with Crippen molar-refractivity contribution in [1.29, 1.82) is 0 Å². The fourth-order valence-corrected chi connectivity index (χ4v) is 5.66. The van der Waals surface area contributed by atoms with Crippen LogP contribution in [0, 0.1) is 13.8 Å². The Kier molecular flexibility index (Phi) is 7.29. The average Bonchev–Trinajstić information content (AvgIpc) is 3.10. The number of carbonyl (C=O) groups excluding carboxylic acids is 2. The molecule has 1 aromatic carbocycles. The van der Waals surface area contributed by atoms with Crippen molar-refractivity contribution in [3.8, 4) is 5.75 Å². The van der Waals surface area contributed by atoms with Gasteiger partial charge in [-0.3, -0.25) is 4.79 Å². The van der Waals surface area contributed by atoms with Crippen molar-refractivity contribution in [1.82, 2.24) is 9.29 Å². The maximum atomic E-state index is 12.9. The molecule has 1 amide bonds. The number of aromatic nitrogens is 1. The van der Waals surface area contributed by atoms with Crippen LogP contribution in [0.5, 0.6) is 5.75 Å². The highest BCUT2D eigenvalue weighted by Gasteiger charge is 2.27. The molecule has 11 heteroatoms. The number of hydrogen-bond donors (Lipinski definition) is 1. The molecule has 1 aliphatic heterocycles. The Morgan fingerprint density at radius 1 is 1.19 bits per heavy atom. The fraction of sp³-hybridized carbons (Fsp3) is 0.450. The van der Waals surface area contributed by atoms with Crippen molar-refractivity contribution in [3.05, 3.63) is 33.8 Å². The van der Waals surface area contributed by atoms with E-state index in [4.69, 9.17) is 9.47 Å². The van der Waals surface area contributed by atoms with E-state index >= 15 is 0 Å². The Balaban J connectivity index is 1.71. The van der Waals surface area contributed by atoms with Crippen LogP contribution in [0.15, 0.2) is 23.1 Å². The van der Waals surface area contributed by atoms with Gasteiger partial charge in [-0.1, -0.05) is 6.42 Å². The van der Waals surface area contributed by atoms with Crippen LogP contribution in [0.1, 0.15) is 39.6 Å². The smallest absolute Gasteiger partial charge is 0.350 e. The highest BCUT2D eigenvalue weighted by Crippen LogP contribution is 2.30. The molecule has 0 unspecified atom stereocenters. The SMILES string of the molecule is COc1ccc(S(=O)(=O)N2CCCCC2)cc1NC(=O)COC(=O)c1sc(C)nc1C. The number of piperidine rings is 1. The first-order chi connectivity index (χ1) is 14.7. The van der Waals surface area contributed by atoms with Gasteiger partial charge in [0.2, 0.25) is 10.0 Å². The third kappa shape index (κ3) is 5.41. The van der Waals surface area contributed by atoms with E-state index in [0.29, 0.717) is 29.4 Å². The highest BCUT2D eigenvalue weighted by atomic mass is 32.2. The number of methoxy groups -OCH3 is 1. The van der Waals surface area contributed by atoms with Crippen molar-refractivity contribution in [2.75, 3.05) is 32.1 Å². The Morgan fingerprint density at radius 2 is 1.90 bits per heavy atom. The molecule has 0 spiro atoms. The molecule has 1 N–H and O–H groups in total. The number of nitrogens with zero attached hydrogens (tertiary/aromatic N) is 2. The first-order valence-corrected chi connectivity index (χ1v) is 12.1. The predicted molar refractivity (Wildman–Crippen MR) is 116 cm³/mol. The Bertz CT molecular complexity index is 1070. The zero-order chi connectivity index (χ0) is 22.6. The topological polar surface area (TPSA) is 115 Å². The van der Waals surface area contributed by atoms with Crippen molar-refractivity contribution in [3.63, 3.8) is 0 Å². The van der Waals surface area contributed by atoms with Crippen LogP contribution in [0.2, 0.25) is 0 Å². The second-order valence-corrected chi connectivity index (χ2v) is 10.2. The van der Waals surface area contributed by atoms with E-state index in [9.17, 15) is 18.0 Å². The van der Waals surface area contributed by atoms with Gasteiger partial charge < -0.3 is 14.8 Å². The zero-order valence-corrected chi connectivity index (χ0v) is 19.3. The lowest BCUT2D eigenvalue weighted by atomic mass is 10.2. The quantitative estimate of drug-likeness (QED) is 0.623. The summed E-state index contributed by atoms with van der Waals surface area (Å²) in [5.74, 6) is -0.948. The number of carbonyl (C=O) groups is 2. The van der Waals surface area contributed by atoms with Crippen LogP contribution in [-0.4, -0.2) is 56.4 Å². The number of amides is 1. The van der Waals surface area contributed by atoms with Gasteiger partial charge in [-0.05, 0) is 44.9 Å². The van der Waals surface area contributed by atoms with Gasteiger partial charge >= 0.3 is 5.97 Å². The molecule has 0 saturated carbocycles. The summed E-state index contributed by atoms with van der Waals surface area (Å²) in [4.78, 5) is 29.1. The van der Waals surface area contributed by atoms with Crippen molar-refractivity contribution in [2.24, 2.45) is 0 Å². The molecule has 2 aromatic rings. The van der Waals surface area contributed by atoms with Crippen LogP contribution in [0.4, 0.5) is 5.69 Å². The minimum absolute atomic E-state index is 0.0678. The summed E-state index contributed by atoms with van der Waals surface area (Å²) in [6.45, 7) is 3.89. The second-order valence-electron chi connectivity index (χ2n) is 7.10. The van der Waals surface area contributed by atoms with Crippen molar-refractivity contribution >= 4 is 38.9 Å². The second kappa shape index (κ2) is 9.75. The number of benzene rings is 1. The summed E-state index contributed by atoms with van der Waals surface area (Å²) >= 11 is 1.19. The number of sulfonamides is 1. The summed E-state index contributed by atoms with van der Waals surface area (Å²) in [6, 6.07) is 4.30. The molecule has 0 atom stereocenters. The first-order valence-electron chi connectivity index (χ1n) is 9.81. The third-order valence-electron chi connectivity index (χ3n) is 4.82. The van der Waals surface area contributed by atoms with Crippen LogP contribution in [0.3, 0.4) is 0 Å².